The predicted molar refractivity (Wildman–Crippen MR) is 94.9 cm³/mol. The molecule has 0 aliphatic carbocycles. The van der Waals surface area contributed by atoms with Crippen LogP contribution >= 0.6 is 11.3 Å². The lowest BCUT2D eigenvalue weighted by atomic mass is 10.3. The average molecular weight is 366 g/mol. The molecule has 0 spiro atoms. The van der Waals surface area contributed by atoms with Crippen LogP contribution in [0.15, 0.2) is 59.1 Å². The Balaban J connectivity index is 1.40. The molecule has 0 bridgehead atoms. The third-order valence-corrected chi connectivity index (χ3v) is 4.46. The lowest BCUT2D eigenvalue weighted by Gasteiger charge is -2.03. The fraction of sp³-hybridized carbons (Fsp3) is 0.118. The van der Waals surface area contributed by atoms with Gasteiger partial charge in [0.15, 0.2) is 0 Å². The minimum Gasteiger partial charge on any atom is -0.350 e. The molecule has 0 radical (unpaired) electrons. The van der Waals surface area contributed by atoms with E-state index >= 15 is 0 Å². The van der Waals surface area contributed by atoms with Crippen molar-refractivity contribution in [3.05, 3.63) is 59.4 Å². The first-order valence-electron chi connectivity index (χ1n) is 7.83. The number of thiophene rings is 1. The summed E-state index contributed by atoms with van der Waals surface area (Å²) in [5.41, 5.74) is 1.33. The lowest BCUT2D eigenvalue weighted by molar-refractivity contribution is -0.121. The van der Waals surface area contributed by atoms with Crippen molar-refractivity contribution in [3.8, 4) is 23.0 Å². The van der Waals surface area contributed by atoms with Gasteiger partial charge in [-0.3, -0.25) is 9.78 Å². The second kappa shape index (κ2) is 7.28. The Morgan fingerprint density at radius 3 is 2.96 bits per heavy atom. The summed E-state index contributed by atoms with van der Waals surface area (Å²) in [5.74, 6) is 0.674. The summed E-state index contributed by atoms with van der Waals surface area (Å²) in [7, 11) is 0. The first-order valence-corrected chi connectivity index (χ1v) is 8.71. The first-order chi connectivity index (χ1) is 12.8. The van der Waals surface area contributed by atoms with E-state index in [0.29, 0.717) is 24.0 Å². The summed E-state index contributed by atoms with van der Waals surface area (Å²) >= 11 is 1.61. The van der Waals surface area contributed by atoms with Crippen LogP contribution in [0.1, 0.15) is 4.88 Å². The van der Waals surface area contributed by atoms with E-state index < -0.39 is 0 Å². The highest BCUT2D eigenvalue weighted by Crippen LogP contribution is 2.20. The number of hydrogen-bond donors (Lipinski definition) is 1. The van der Waals surface area contributed by atoms with Gasteiger partial charge in [0.05, 0.1) is 12.9 Å². The topological polar surface area (TPSA) is 98.7 Å². The second-order valence-electron chi connectivity index (χ2n) is 5.45. The average Bonchev–Trinajstić information content (AvgIpc) is 3.42. The van der Waals surface area contributed by atoms with Crippen molar-refractivity contribution in [2.75, 3.05) is 0 Å². The van der Waals surface area contributed by atoms with E-state index in [0.717, 1.165) is 10.4 Å². The summed E-state index contributed by atoms with van der Waals surface area (Å²) < 4.78 is 6.94. The van der Waals surface area contributed by atoms with Gasteiger partial charge in [-0.15, -0.1) is 11.3 Å². The van der Waals surface area contributed by atoms with E-state index in [4.69, 9.17) is 4.52 Å². The van der Waals surface area contributed by atoms with Gasteiger partial charge in [-0.2, -0.15) is 4.98 Å². The van der Waals surface area contributed by atoms with E-state index in [1.54, 1.807) is 53.0 Å². The Kier molecular flexibility index (Phi) is 4.52. The first kappa shape index (κ1) is 16.2. The molecule has 9 heteroatoms. The molecular weight excluding hydrogens is 352 g/mol. The van der Waals surface area contributed by atoms with Crippen LogP contribution in [-0.4, -0.2) is 30.6 Å². The van der Waals surface area contributed by atoms with Crippen molar-refractivity contribution < 1.29 is 9.32 Å². The maximum absolute atomic E-state index is 12.0. The molecule has 1 amide bonds. The quantitative estimate of drug-likeness (QED) is 0.562. The van der Waals surface area contributed by atoms with Gasteiger partial charge in [0.1, 0.15) is 12.2 Å². The molecule has 0 saturated heterocycles. The Hall–Kier alpha value is -3.33. The van der Waals surface area contributed by atoms with Crippen molar-refractivity contribution in [2.45, 2.75) is 13.1 Å². The number of nitrogens with one attached hydrogen (secondary N) is 1. The van der Waals surface area contributed by atoms with Crippen molar-refractivity contribution in [2.24, 2.45) is 0 Å². The molecule has 130 valence electrons. The maximum atomic E-state index is 12.0. The van der Waals surface area contributed by atoms with Crippen molar-refractivity contribution >= 4 is 17.2 Å². The normalized spacial score (nSPS) is 10.8. The van der Waals surface area contributed by atoms with Gasteiger partial charge in [0.2, 0.25) is 11.7 Å². The largest absolute Gasteiger partial charge is 0.350 e. The summed E-state index contributed by atoms with van der Waals surface area (Å²) in [4.78, 5) is 25.7. The molecule has 4 rings (SSSR count). The predicted octanol–water partition coefficient (Wildman–Crippen LogP) is 2.37. The molecule has 4 aromatic heterocycles. The Morgan fingerprint density at radius 2 is 2.15 bits per heavy atom. The van der Waals surface area contributed by atoms with E-state index in [2.05, 4.69) is 25.4 Å². The zero-order valence-electron chi connectivity index (χ0n) is 13.6. The van der Waals surface area contributed by atoms with Gasteiger partial charge < -0.3 is 14.4 Å². The molecule has 8 nitrogen and oxygen atoms in total. The number of carbonyl (C=O) groups excluding carboxylic acids is 1. The van der Waals surface area contributed by atoms with E-state index in [-0.39, 0.29) is 12.5 Å². The molecule has 0 fully saturated rings. The summed E-state index contributed by atoms with van der Waals surface area (Å²) in [6.07, 6.45) is 6.60. The van der Waals surface area contributed by atoms with E-state index in [1.807, 2.05) is 17.5 Å². The van der Waals surface area contributed by atoms with Crippen LogP contribution in [0.4, 0.5) is 0 Å². The van der Waals surface area contributed by atoms with E-state index in [9.17, 15) is 4.79 Å². The zero-order valence-corrected chi connectivity index (χ0v) is 14.4. The molecule has 0 atom stereocenters. The van der Waals surface area contributed by atoms with Gasteiger partial charge in [-0.1, -0.05) is 11.2 Å². The van der Waals surface area contributed by atoms with Crippen LogP contribution in [0.2, 0.25) is 0 Å². The van der Waals surface area contributed by atoms with Crippen LogP contribution < -0.4 is 5.32 Å². The van der Waals surface area contributed by atoms with Crippen molar-refractivity contribution in [3.63, 3.8) is 0 Å². The fourth-order valence-electron chi connectivity index (χ4n) is 2.32. The highest BCUT2D eigenvalue weighted by Gasteiger charge is 2.13. The van der Waals surface area contributed by atoms with Gasteiger partial charge >= 0.3 is 0 Å². The third kappa shape index (κ3) is 3.67. The number of aromatic nitrogens is 5. The van der Waals surface area contributed by atoms with E-state index in [1.165, 1.54) is 0 Å². The van der Waals surface area contributed by atoms with Crippen LogP contribution in [0.5, 0.6) is 0 Å². The second-order valence-corrected chi connectivity index (χ2v) is 6.48. The number of rotatable bonds is 6. The summed E-state index contributed by atoms with van der Waals surface area (Å²) in [5, 5.41) is 8.80. The van der Waals surface area contributed by atoms with Crippen molar-refractivity contribution in [1.29, 1.82) is 0 Å². The van der Waals surface area contributed by atoms with Gasteiger partial charge in [-0.25, -0.2) is 4.98 Å². The minimum absolute atomic E-state index is 0.0899. The SMILES string of the molecule is O=C(Cn1cnc(-c2noc(-c3ccncc3)n2)c1)NCc1cccs1. The Labute approximate surface area is 152 Å². The van der Waals surface area contributed by atoms with Gasteiger partial charge in [0, 0.05) is 29.0 Å². The van der Waals surface area contributed by atoms with Crippen LogP contribution in [0, 0.1) is 0 Å². The van der Waals surface area contributed by atoms with Gasteiger partial charge in [0.25, 0.3) is 5.89 Å². The standard InChI is InChI=1S/C17H14N6O2S/c24-15(19-8-13-2-1-7-26-13)10-23-9-14(20-11-23)16-21-17(25-22-16)12-3-5-18-6-4-12/h1-7,9,11H,8,10H2,(H,19,24). The third-order valence-electron chi connectivity index (χ3n) is 3.58. The maximum Gasteiger partial charge on any atom is 0.258 e. The lowest BCUT2D eigenvalue weighted by Crippen LogP contribution is -2.26. The van der Waals surface area contributed by atoms with Crippen LogP contribution in [-0.2, 0) is 17.9 Å². The van der Waals surface area contributed by atoms with Crippen LogP contribution in [0.3, 0.4) is 0 Å². The molecule has 0 unspecified atom stereocenters. The molecular formula is C17H14N6O2S. The highest BCUT2D eigenvalue weighted by molar-refractivity contribution is 7.09. The molecule has 1 N–H and O–H groups in total. The summed E-state index contributed by atoms with van der Waals surface area (Å²) in [6, 6.07) is 7.51. The smallest absolute Gasteiger partial charge is 0.258 e. The molecule has 0 aliphatic heterocycles. The molecule has 0 saturated carbocycles. The fourth-order valence-corrected chi connectivity index (χ4v) is 2.97. The zero-order chi connectivity index (χ0) is 17.8. The van der Waals surface area contributed by atoms with Crippen LogP contribution in [0.25, 0.3) is 23.0 Å². The summed E-state index contributed by atoms with van der Waals surface area (Å²) in [6.45, 7) is 0.700. The molecule has 0 aromatic carbocycles. The number of imidazole rings is 1. The number of amides is 1. The van der Waals surface area contributed by atoms with Crippen molar-refractivity contribution in [1.82, 2.24) is 30.0 Å². The molecule has 0 aliphatic rings. The monoisotopic (exact) mass is 366 g/mol. The number of nitrogens with zero attached hydrogens (tertiary/aromatic N) is 5. The molecule has 26 heavy (non-hydrogen) atoms. The molecule has 4 aromatic rings. The number of carbonyl (C=O) groups is 1. The number of pyridine rings is 1. The van der Waals surface area contributed by atoms with Gasteiger partial charge in [-0.05, 0) is 23.6 Å². The Bertz CT molecular complexity index is 993. The Morgan fingerprint density at radius 1 is 1.27 bits per heavy atom. The molecule has 4 heterocycles. The minimum atomic E-state index is -0.0899. The number of hydrogen-bond acceptors (Lipinski definition) is 7. The highest BCUT2D eigenvalue weighted by atomic mass is 32.1.